The Morgan fingerprint density at radius 3 is 2.59 bits per heavy atom. The molecule has 3 amide bonds. The summed E-state index contributed by atoms with van der Waals surface area (Å²) in [5, 5.41) is 4.36. The van der Waals surface area contributed by atoms with E-state index in [0.29, 0.717) is 18.3 Å². The maximum atomic E-state index is 12.7. The lowest BCUT2D eigenvalue weighted by atomic mass is 10.1. The van der Waals surface area contributed by atoms with E-state index in [1.54, 1.807) is 11.6 Å². The van der Waals surface area contributed by atoms with Crippen molar-refractivity contribution in [2.45, 2.75) is 19.9 Å². The molecule has 150 valence electrons. The molecule has 2 aliphatic rings. The molecule has 2 heterocycles. The predicted molar refractivity (Wildman–Crippen MR) is 114 cm³/mol. The molecule has 0 spiro atoms. The van der Waals surface area contributed by atoms with Crippen LogP contribution in [0.4, 0.5) is 4.79 Å². The third-order valence-corrected chi connectivity index (χ3v) is 4.62. The van der Waals surface area contributed by atoms with Gasteiger partial charge in [-0.15, -0.1) is 5.10 Å². The number of amides is 3. The average Bonchev–Trinajstić information content (AvgIpc) is 3.06. The molecule has 0 aliphatic carbocycles. The standard InChI is InChI=1S/C21H24N6O2/c1-14(2)13-27-17-18(25(4)21(29)26(5)19(17)28)22-20(27)24-23-15(3)11-12-16-9-7-6-8-10-16/h6-12,17H,1,13H2,2-5H3/p+1/b12-11+,23-15+. The van der Waals surface area contributed by atoms with E-state index >= 15 is 0 Å². The van der Waals surface area contributed by atoms with Crippen LogP contribution in [0.1, 0.15) is 19.4 Å². The number of aliphatic imine (C=N–C) groups is 1. The lowest BCUT2D eigenvalue weighted by Gasteiger charge is -2.31. The molecular weight excluding hydrogens is 368 g/mol. The number of urea groups is 1. The topological polar surface area (TPSA) is 80.4 Å². The van der Waals surface area contributed by atoms with Gasteiger partial charge in [0.15, 0.2) is 0 Å². The molecule has 0 radical (unpaired) electrons. The summed E-state index contributed by atoms with van der Waals surface area (Å²) in [5.74, 6) is 0.466. The van der Waals surface area contributed by atoms with Crippen LogP contribution >= 0.6 is 0 Å². The number of benzene rings is 1. The number of carbonyl (C=O) groups is 2. The Kier molecular flexibility index (Phi) is 5.72. The van der Waals surface area contributed by atoms with Crippen molar-refractivity contribution in [1.29, 1.82) is 0 Å². The number of imide groups is 1. The summed E-state index contributed by atoms with van der Waals surface area (Å²) in [5.41, 5.74) is 5.61. The number of rotatable bonds is 5. The summed E-state index contributed by atoms with van der Waals surface area (Å²) >= 11 is 0. The Morgan fingerprint density at radius 1 is 1.24 bits per heavy atom. The van der Waals surface area contributed by atoms with Crippen LogP contribution in [0, 0.1) is 0 Å². The number of carbonyl (C=O) groups excluding carboxylic acids is 2. The summed E-state index contributed by atoms with van der Waals surface area (Å²) in [6, 6.07) is 8.82. The van der Waals surface area contributed by atoms with Gasteiger partial charge in [0, 0.05) is 14.1 Å². The van der Waals surface area contributed by atoms with Crippen molar-refractivity contribution < 1.29 is 14.2 Å². The molecule has 0 bridgehead atoms. The zero-order chi connectivity index (χ0) is 21.1. The normalized spacial score (nSPS) is 19.8. The van der Waals surface area contributed by atoms with Crippen molar-refractivity contribution in [2.24, 2.45) is 10.1 Å². The summed E-state index contributed by atoms with van der Waals surface area (Å²) in [7, 11) is 3.08. The largest absolute Gasteiger partial charge is 0.414 e. The Morgan fingerprint density at radius 2 is 1.93 bits per heavy atom. The molecule has 1 fully saturated rings. The number of hydrogen-bond acceptors (Lipinski definition) is 5. The molecule has 1 N–H and O–H groups in total. The number of nitrogens with zero attached hydrogens (tertiary/aromatic N) is 5. The third-order valence-electron chi connectivity index (χ3n) is 4.62. The number of fused-ring (bicyclic) bond motifs is 1. The van der Waals surface area contributed by atoms with E-state index < -0.39 is 12.1 Å². The third kappa shape index (κ3) is 4.16. The smallest absolute Gasteiger partial charge is 0.270 e. The van der Waals surface area contributed by atoms with Crippen LogP contribution in [0.3, 0.4) is 0 Å². The minimum atomic E-state index is -0.683. The number of hydrazone groups is 1. The van der Waals surface area contributed by atoms with E-state index in [1.807, 2.05) is 56.3 Å². The van der Waals surface area contributed by atoms with Gasteiger partial charge < -0.3 is 0 Å². The highest BCUT2D eigenvalue weighted by atomic mass is 16.2. The summed E-state index contributed by atoms with van der Waals surface area (Å²) in [6.45, 7) is 8.09. The van der Waals surface area contributed by atoms with Gasteiger partial charge in [0.25, 0.3) is 5.91 Å². The van der Waals surface area contributed by atoms with Gasteiger partial charge in [-0.3, -0.25) is 14.6 Å². The van der Waals surface area contributed by atoms with Crippen molar-refractivity contribution in [3.8, 4) is 0 Å². The zero-order valence-electron chi connectivity index (χ0n) is 17.1. The minimum Gasteiger partial charge on any atom is -0.270 e. The van der Waals surface area contributed by atoms with Crippen molar-refractivity contribution in [3.05, 3.63) is 54.1 Å². The van der Waals surface area contributed by atoms with Gasteiger partial charge in [0.1, 0.15) is 0 Å². The Hall–Kier alpha value is -3.55. The van der Waals surface area contributed by atoms with Crippen molar-refractivity contribution in [3.63, 3.8) is 0 Å². The second-order valence-corrected chi connectivity index (χ2v) is 7.13. The molecule has 1 atom stereocenters. The molecular formula is C21H25N6O2+. The second-order valence-electron chi connectivity index (χ2n) is 7.13. The Bertz CT molecular complexity index is 974. The summed E-state index contributed by atoms with van der Waals surface area (Å²) < 4.78 is 1.77. The van der Waals surface area contributed by atoms with E-state index in [1.165, 1.54) is 11.9 Å². The fraction of sp³-hybridized carbons (Fsp3) is 0.286. The van der Waals surface area contributed by atoms with Gasteiger partial charge in [-0.1, -0.05) is 48.0 Å². The van der Waals surface area contributed by atoms with Gasteiger partial charge in [-0.25, -0.2) is 9.37 Å². The lowest BCUT2D eigenvalue weighted by molar-refractivity contribution is -0.529. The molecule has 29 heavy (non-hydrogen) atoms. The molecule has 3 rings (SSSR count). The van der Waals surface area contributed by atoms with Crippen LogP contribution in [0.5, 0.6) is 0 Å². The molecule has 1 aromatic rings. The van der Waals surface area contributed by atoms with Gasteiger partial charge in [-0.05, 0) is 31.1 Å². The van der Waals surface area contributed by atoms with Crippen LogP contribution in [-0.2, 0) is 4.79 Å². The highest BCUT2D eigenvalue weighted by Gasteiger charge is 2.51. The molecule has 8 heteroatoms. The van der Waals surface area contributed by atoms with E-state index in [9.17, 15) is 9.59 Å². The van der Waals surface area contributed by atoms with Crippen LogP contribution in [0.2, 0.25) is 0 Å². The molecule has 2 aliphatic heterocycles. The fourth-order valence-corrected chi connectivity index (χ4v) is 3.10. The predicted octanol–water partition coefficient (Wildman–Crippen LogP) is 1.91. The van der Waals surface area contributed by atoms with Gasteiger partial charge in [-0.2, -0.15) is 5.43 Å². The SMILES string of the molecule is C=C(C)C[N+]1=C(N/N=C(C)/C=C/c2ccccc2)N=C2C1C(=O)N(C)C(=O)N2C. The monoisotopic (exact) mass is 393 g/mol. The number of likely N-dealkylation sites (N-methyl/N-ethyl adjacent to an activating group) is 2. The highest BCUT2D eigenvalue weighted by molar-refractivity contribution is 6.22. The highest BCUT2D eigenvalue weighted by Crippen LogP contribution is 2.19. The van der Waals surface area contributed by atoms with Crippen LogP contribution in [0.15, 0.2) is 58.7 Å². The number of nitrogens with one attached hydrogen (secondary N) is 1. The van der Waals surface area contributed by atoms with E-state index in [-0.39, 0.29) is 5.91 Å². The van der Waals surface area contributed by atoms with Crippen LogP contribution < -0.4 is 5.43 Å². The molecule has 0 saturated carbocycles. The van der Waals surface area contributed by atoms with Crippen molar-refractivity contribution in [2.75, 3.05) is 20.6 Å². The van der Waals surface area contributed by atoms with Gasteiger partial charge in [0.2, 0.25) is 11.9 Å². The lowest BCUT2D eigenvalue weighted by Crippen LogP contribution is -2.61. The second kappa shape index (κ2) is 8.22. The quantitative estimate of drug-likeness (QED) is 0.359. The minimum absolute atomic E-state index is 0.324. The maximum Gasteiger partial charge on any atom is 0.414 e. The van der Waals surface area contributed by atoms with Crippen LogP contribution in [0.25, 0.3) is 6.08 Å². The summed E-state index contributed by atoms with van der Waals surface area (Å²) in [4.78, 5) is 32.0. The first-order valence-electron chi connectivity index (χ1n) is 9.25. The van der Waals surface area contributed by atoms with Crippen LogP contribution in [-0.4, -0.2) is 70.5 Å². The molecule has 1 unspecified atom stereocenters. The number of amidine groups is 1. The number of hydrogen-bond donors (Lipinski definition) is 1. The van der Waals surface area contributed by atoms with Gasteiger partial charge in [0.05, 0.1) is 12.3 Å². The Balaban J connectivity index is 1.87. The molecule has 1 aromatic carbocycles. The molecule has 1 saturated heterocycles. The fourth-order valence-electron chi connectivity index (χ4n) is 3.10. The molecule has 8 nitrogen and oxygen atoms in total. The first-order valence-corrected chi connectivity index (χ1v) is 9.25. The summed E-state index contributed by atoms with van der Waals surface area (Å²) in [6.07, 6.45) is 3.85. The van der Waals surface area contributed by atoms with E-state index in [2.05, 4.69) is 22.1 Å². The first kappa shape index (κ1) is 20.2. The molecule has 0 aromatic heterocycles. The average molecular weight is 393 g/mol. The van der Waals surface area contributed by atoms with E-state index in [0.717, 1.165) is 21.7 Å². The number of allylic oxidation sites excluding steroid dienone is 1. The maximum absolute atomic E-state index is 12.7. The Labute approximate surface area is 170 Å². The van der Waals surface area contributed by atoms with E-state index in [4.69, 9.17) is 0 Å². The van der Waals surface area contributed by atoms with Crippen molar-refractivity contribution >= 4 is 35.5 Å². The number of guanidine groups is 1. The van der Waals surface area contributed by atoms with Crippen molar-refractivity contribution in [1.82, 2.24) is 15.2 Å². The zero-order valence-corrected chi connectivity index (χ0v) is 17.1. The first-order chi connectivity index (χ1) is 13.8. The van der Waals surface area contributed by atoms with Gasteiger partial charge >= 0.3 is 12.0 Å².